The molecule has 2 N–H and O–H groups in total. The Hall–Kier alpha value is -0.340. The van der Waals surface area contributed by atoms with E-state index in [0.29, 0.717) is 0 Å². The lowest BCUT2D eigenvalue weighted by molar-refractivity contribution is 0.300. The van der Waals surface area contributed by atoms with Gasteiger partial charge in [-0.2, -0.15) is 0 Å². The summed E-state index contributed by atoms with van der Waals surface area (Å²) in [6.07, 6.45) is 6.10. The smallest absolute Gasteiger partial charge is 0.0423 e. The number of hydrogen-bond acceptors (Lipinski definition) is 1. The molecule has 88 valence electrons. The highest BCUT2D eigenvalue weighted by molar-refractivity contribution is 9.10. The van der Waals surface area contributed by atoms with E-state index in [4.69, 9.17) is 5.73 Å². The zero-order valence-corrected chi connectivity index (χ0v) is 11.7. The largest absolute Gasteiger partial charge is 0.321 e. The number of aryl methyl sites for hydroxylation is 2. The van der Waals surface area contributed by atoms with Crippen molar-refractivity contribution >= 4 is 15.9 Å². The van der Waals surface area contributed by atoms with E-state index in [0.717, 1.165) is 12.8 Å². The second-order valence-electron chi connectivity index (χ2n) is 5.16. The van der Waals surface area contributed by atoms with E-state index in [-0.39, 0.29) is 5.54 Å². The van der Waals surface area contributed by atoms with E-state index >= 15 is 0 Å². The SMILES string of the molecule is Cc1cc(C)c(C2(N)CCCCC2)c(Br)c1. The van der Waals surface area contributed by atoms with Gasteiger partial charge in [-0.05, 0) is 49.4 Å². The maximum atomic E-state index is 6.60. The summed E-state index contributed by atoms with van der Waals surface area (Å²) >= 11 is 3.69. The minimum atomic E-state index is -0.102. The average molecular weight is 282 g/mol. The van der Waals surface area contributed by atoms with Crippen molar-refractivity contribution in [2.75, 3.05) is 0 Å². The van der Waals surface area contributed by atoms with Crippen LogP contribution in [0.5, 0.6) is 0 Å². The molecule has 0 aliphatic heterocycles. The fraction of sp³-hybridized carbons (Fsp3) is 0.571. The Morgan fingerprint density at radius 2 is 1.75 bits per heavy atom. The van der Waals surface area contributed by atoms with Gasteiger partial charge in [-0.15, -0.1) is 0 Å². The van der Waals surface area contributed by atoms with Crippen molar-refractivity contribution in [3.63, 3.8) is 0 Å². The lowest BCUT2D eigenvalue weighted by atomic mass is 9.76. The van der Waals surface area contributed by atoms with Gasteiger partial charge < -0.3 is 5.73 Å². The molecule has 0 bridgehead atoms. The maximum Gasteiger partial charge on any atom is 0.0423 e. The highest BCUT2D eigenvalue weighted by Crippen LogP contribution is 2.40. The molecule has 1 saturated carbocycles. The average Bonchev–Trinajstić information content (AvgIpc) is 2.16. The van der Waals surface area contributed by atoms with Gasteiger partial charge in [0, 0.05) is 10.0 Å². The van der Waals surface area contributed by atoms with Crippen LogP contribution in [0.2, 0.25) is 0 Å². The summed E-state index contributed by atoms with van der Waals surface area (Å²) in [7, 11) is 0. The summed E-state index contributed by atoms with van der Waals surface area (Å²) in [5, 5.41) is 0. The normalized spacial score (nSPS) is 19.8. The van der Waals surface area contributed by atoms with E-state index in [1.165, 1.54) is 40.4 Å². The monoisotopic (exact) mass is 281 g/mol. The van der Waals surface area contributed by atoms with Crippen molar-refractivity contribution in [1.82, 2.24) is 0 Å². The van der Waals surface area contributed by atoms with E-state index < -0.39 is 0 Å². The molecule has 1 aromatic rings. The first kappa shape index (κ1) is 12.1. The number of benzene rings is 1. The molecule has 0 atom stereocenters. The van der Waals surface area contributed by atoms with E-state index in [1.807, 2.05) is 0 Å². The predicted molar refractivity (Wildman–Crippen MR) is 72.6 cm³/mol. The van der Waals surface area contributed by atoms with Crippen molar-refractivity contribution in [1.29, 1.82) is 0 Å². The van der Waals surface area contributed by atoms with Crippen molar-refractivity contribution in [3.8, 4) is 0 Å². The van der Waals surface area contributed by atoms with E-state index in [1.54, 1.807) is 0 Å². The Bertz CT molecular complexity index is 369. The number of halogens is 1. The highest BCUT2D eigenvalue weighted by atomic mass is 79.9. The number of rotatable bonds is 1. The van der Waals surface area contributed by atoms with Crippen LogP contribution in [0.15, 0.2) is 16.6 Å². The highest BCUT2D eigenvalue weighted by Gasteiger charge is 2.32. The lowest BCUT2D eigenvalue weighted by Crippen LogP contribution is -2.39. The Morgan fingerprint density at radius 3 is 2.31 bits per heavy atom. The van der Waals surface area contributed by atoms with Crippen LogP contribution in [-0.2, 0) is 5.54 Å². The zero-order chi connectivity index (χ0) is 11.8. The molecule has 2 rings (SSSR count). The summed E-state index contributed by atoms with van der Waals surface area (Å²) in [5.74, 6) is 0. The van der Waals surface area contributed by atoms with Gasteiger partial charge in [-0.3, -0.25) is 0 Å². The maximum absolute atomic E-state index is 6.60. The standard InChI is InChI=1S/C14H20BrN/c1-10-8-11(2)13(12(15)9-10)14(16)6-4-3-5-7-14/h8-9H,3-7,16H2,1-2H3. The van der Waals surface area contributed by atoms with Crippen molar-refractivity contribution < 1.29 is 0 Å². The van der Waals surface area contributed by atoms with Gasteiger partial charge >= 0.3 is 0 Å². The second kappa shape index (κ2) is 4.50. The molecular weight excluding hydrogens is 262 g/mol. The first-order valence-electron chi connectivity index (χ1n) is 6.09. The predicted octanol–water partition coefficient (Wildman–Crippen LogP) is 4.18. The van der Waals surface area contributed by atoms with Crippen LogP contribution in [0.4, 0.5) is 0 Å². The summed E-state index contributed by atoms with van der Waals surface area (Å²) in [4.78, 5) is 0. The summed E-state index contributed by atoms with van der Waals surface area (Å²) in [6.45, 7) is 4.31. The molecule has 0 radical (unpaired) electrons. The third-order valence-electron chi connectivity index (χ3n) is 3.68. The van der Waals surface area contributed by atoms with Crippen molar-refractivity contribution in [3.05, 3.63) is 33.3 Å². The van der Waals surface area contributed by atoms with Gasteiger partial charge in [0.15, 0.2) is 0 Å². The molecule has 0 unspecified atom stereocenters. The van der Waals surface area contributed by atoms with Crippen LogP contribution in [0.3, 0.4) is 0 Å². The Morgan fingerprint density at radius 1 is 1.12 bits per heavy atom. The summed E-state index contributed by atoms with van der Waals surface area (Å²) < 4.78 is 1.19. The first-order valence-corrected chi connectivity index (χ1v) is 6.88. The third-order valence-corrected chi connectivity index (χ3v) is 4.30. The van der Waals surface area contributed by atoms with Gasteiger partial charge in [0.05, 0.1) is 0 Å². The first-order chi connectivity index (χ1) is 7.53. The van der Waals surface area contributed by atoms with Gasteiger partial charge in [0.2, 0.25) is 0 Å². The van der Waals surface area contributed by atoms with Crippen LogP contribution >= 0.6 is 15.9 Å². The molecule has 1 aliphatic rings. The zero-order valence-electron chi connectivity index (χ0n) is 10.1. The molecule has 1 aromatic carbocycles. The molecule has 0 heterocycles. The van der Waals surface area contributed by atoms with Gasteiger partial charge in [-0.1, -0.05) is 41.3 Å². The Balaban J connectivity index is 2.46. The molecule has 16 heavy (non-hydrogen) atoms. The van der Waals surface area contributed by atoms with Crippen molar-refractivity contribution in [2.24, 2.45) is 5.73 Å². The lowest BCUT2D eigenvalue weighted by Gasteiger charge is -2.36. The summed E-state index contributed by atoms with van der Waals surface area (Å²) in [6, 6.07) is 4.43. The quantitative estimate of drug-likeness (QED) is 0.821. The number of hydrogen-bond donors (Lipinski definition) is 1. The van der Waals surface area contributed by atoms with Crippen molar-refractivity contribution in [2.45, 2.75) is 51.5 Å². The Labute approximate surface area is 107 Å². The van der Waals surface area contributed by atoms with Crippen LogP contribution < -0.4 is 5.73 Å². The molecule has 1 nitrogen and oxygen atoms in total. The van der Waals surface area contributed by atoms with Gasteiger partial charge in [-0.25, -0.2) is 0 Å². The molecular formula is C14H20BrN. The molecule has 0 saturated heterocycles. The van der Waals surface area contributed by atoms with Crippen LogP contribution in [0.25, 0.3) is 0 Å². The minimum Gasteiger partial charge on any atom is -0.321 e. The van der Waals surface area contributed by atoms with E-state index in [9.17, 15) is 0 Å². The van der Waals surface area contributed by atoms with Gasteiger partial charge in [0.25, 0.3) is 0 Å². The topological polar surface area (TPSA) is 26.0 Å². The Kier molecular flexibility index (Phi) is 3.41. The second-order valence-corrected chi connectivity index (χ2v) is 6.01. The molecule has 1 fully saturated rings. The molecule has 0 amide bonds. The van der Waals surface area contributed by atoms with Crippen LogP contribution in [0.1, 0.15) is 48.8 Å². The minimum absolute atomic E-state index is 0.102. The van der Waals surface area contributed by atoms with Gasteiger partial charge in [0.1, 0.15) is 0 Å². The molecule has 0 spiro atoms. The number of nitrogens with two attached hydrogens (primary N) is 1. The van der Waals surface area contributed by atoms with E-state index in [2.05, 4.69) is 41.9 Å². The molecule has 1 aliphatic carbocycles. The van der Waals surface area contributed by atoms with Crippen LogP contribution in [0, 0.1) is 13.8 Å². The van der Waals surface area contributed by atoms with Crippen LogP contribution in [-0.4, -0.2) is 0 Å². The molecule has 0 aromatic heterocycles. The third kappa shape index (κ3) is 2.18. The fourth-order valence-corrected chi connectivity index (χ4v) is 4.05. The summed E-state index contributed by atoms with van der Waals surface area (Å²) in [5.41, 5.74) is 10.5. The molecule has 2 heteroatoms. The fourth-order valence-electron chi connectivity index (χ4n) is 2.98.